The van der Waals surface area contributed by atoms with Crippen molar-refractivity contribution in [2.75, 3.05) is 13.1 Å². The standard InChI is InChI=1S/C17H23N3O2/c1-11-8-15(16(21)9-12(11)2)10-20-6-4-14(5-7-20)17-18-13(3)19-22-17/h8-9,14,21H,4-7,10H2,1-3H3. The minimum Gasteiger partial charge on any atom is -0.508 e. The van der Waals surface area contributed by atoms with Gasteiger partial charge in [-0.15, -0.1) is 0 Å². The average Bonchev–Trinajstić information content (AvgIpc) is 2.92. The third kappa shape index (κ3) is 3.14. The molecule has 118 valence electrons. The summed E-state index contributed by atoms with van der Waals surface area (Å²) in [7, 11) is 0. The Morgan fingerprint density at radius 2 is 1.86 bits per heavy atom. The van der Waals surface area contributed by atoms with Gasteiger partial charge in [0.25, 0.3) is 0 Å². The van der Waals surface area contributed by atoms with Crippen LogP contribution >= 0.6 is 0 Å². The minimum atomic E-state index is 0.366. The Morgan fingerprint density at radius 3 is 2.50 bits per heavy atom. The van der Waals surface area contributed by atoms with Crippen molar-refractivity contribution in [2.24, 2.45) is 0 Å². The number of aryl methyl sites for hydroxylation is 3. The Balaban J connectivity index is 1.61. The first-order chi connectivity index (χ1) is 10.5. The van der Waals surface area contributed by atoms with Crippen LogP contribution in [0.1, 0.15) is 47.2 Å². The molecule has 0 saturated carbocycles. The molecule has 1 aliphatic heterocycles. The number of likely N-dealkylation sites (tertiary alicyclic amines) is 1. The van der Waals surface area contributed by atoms with Crippen LogP contribution in [0.3, 0.4) is 0 Å². The Kier molecular flexibility index (Phi) is 4.16. The van der Waals surface area contributed by atoms with Gasteiger partial charge in [-0.25, -0.2) is 0 Å². The Morgan fingerprint density at radius 1 is 1.18 bits per heavy atom. The van der Waals surface area contributed by atoms with Gasteiger partial charge >= 0.3 is 0 Å². The maximum absolute atomic E-state index is 10.1. The molecule has 0 aliphatic carbocycles. The van der Waals surface area contributed by atoms with Gasteiger partial charge in [0.1, 0.15) is 5.75 Å². The van der Waals surface area contributed by atoms with E-state index in [0.29, 0.717) is 17.5 Å². The van der Waals surface area contributed by atoms with Gasteiger partial charge in [-0.1, -0.05) is 11.2 Å². The second-order valence-electron chi connectivity index (χ2n) is 6.30. The van der Waals surface area contributed by atoms with E-state index in [1.54, 1.807) is 0 Å². The maximum atomic E-state index is 10.1. The van der Waals surface area contributed by atoms with Gasteiger partial charge in [0.15, 0.2) is 5.82 Å². The van der Waals surface area contributed by atoms with Gasteiger partial charge in [-0.05, 0) is 63.9 Å². The number of aromatic nitrogens is 2. The monoisotopic (exact) mass is 301 g/mol. The molecule has 22 heavy (non-hydrogen) atoms. The summed E-state index contributed by atoms with van der Waals surface area (Å²) < 4.78 is 5.29. The lowest BCUT2D eigenvalue weighted by Crippen LogP contribution is -2.32. The van der Waals surface area contributed by atoms with Crippen LogP contribution in [0.4, 0.5) is 0 Å². The first-order valence-electron chi connectivity index (χ1n) is 7.84. The van der Waals surface area contributed by atoms with Crippen molar-refractivity contribution >= 4 is 0 Å². The van der Waals surface area contributed by atoms with E-state index in [1.165, 1.54) is 5.56 Å². The second kappa shape index (κ2) is 6.08. The van der Waals surface area contributed by atoms with Crippen LogP contribution in [-0.4, -0.2) is 33.2 Å². The molecule has 0 radical (unpaired) electrons. The number of hydrogen-bond acceptors (Lipinski definition) is 5. The summed E-state index contributed by atoms with van der Waals surface area (Å²) in [5.74, 6) is 2.24. The molecule has 1 saturated heterocycles. The van der Waals surface area contributed by atoms with Crippen molar-refractivity contribution in [3.8, 4) is 5.75 Å². The normalized spacial score (nSPS) is 17.0. The molecule has 5 nitrogen and oxygen atoms in total. The van der Waals surface area contributed by atoms with Crippen LogP contribution in [0.2, 0.25) is 0 Å². The molecule has 0 bridgehead atoms. The highest BCUT2D eigenvalue weighted by atomic mass is 16.5. The number of phenolic OH excluding ortho intramolecular Hbond substituents is 1. The van der Waals surface area contributed by atoms with E-state index >= 15 is 0 Å². The lowest BCUT2D eigenvalue weighted by Gasteiger charge is -2.30. The van der Waals surface area contributed by atoms with Crippen LogP contribution in [0.5, 0.6) is 5.75 Å². The third-order valence-electron chi connectivity index (χ3n) is 4.57. The van der Waals surface area contributed by atoms with Gasteiger partial charge in [0.2, 0.25) is 5.89 Å². The summed E-state index contributed by atoms with van der Waals surface area (Å²) in [6, 6.07) is 3.96. The first kappa shape index (κ1) is 15.0. The SMILES string of the molecule is Cc1noc(C2CCN(Cc3cc(C)c(C)cc3O)CC2)n1. The fourth-order valence-electron chi connectivity index (χ4n) is 3.05. The van der Waals surface area contributed by atoms with E-state index in [0.717, 1.165) is 49.5 Å². The van der Waals surface area contributed by atoms with Crippen LogP contribution < -0.4 is 0 Å². The van der Waals surface area contributed by atoms with E-state index < -0.39 is 0 Å². The molecule has 0 spiro atoms. The molecule has 1 N–H and O–H groups in total. The molecule has 5 heteroatoms. The van der Waals surface area contributed by atoms with Gasteiger partial charge in [0, 0.05) is 18.0 Å². The largest absolute Gasteiger partial charge is 0.508 e. The molecule has 2 aromatic rings. The quantitative estimate of drug-likeness (QED) is 0.944. The zero-order valence-corrected chi connectivity index (χ0v) is 13.5. The highest BCUT2D eigenvalue weighted by Crippen LogP contribution is 2.29. The zero-order valence-electron chi connectivity index (χ0n) is 13.5. The molecule has 3 rings (SSSR count). The lowest BCUT2D eigenvalue weighted by atomic mass is 9.96. The number of aromatic hydroxyl groups is 1. The van der Waals surface area contributed by atoms with Crippen molar-refractivity contribution in [1.82, 2.24) is 15.0 Å². The number of rotatable bonds is 3. The Labute approximate surface area is 131 Å². The Bertz CT molecular complexity index is 658. The molecule has 0 amide bonds. The molecule has 1 aromatic heterocycles. The maximum Gasteiger partial charge on any atom is 0.229 e. The topological polar surface area (TPSA) is 62.4 Å². The molecule has 2 heterocycles. The summed E-state index contributed by atoms with van der Waals surface area (Å²) in [5, 5.41) is 14.0. The van der Waals surface area contributed by atoms with Crippen LogP contribution in [0, 0.1) is 20.8 Å². The predicted octanol–water partition coefficient (Wildman–Crippen LogP) is 3.08. The predicted molar refractivity (Wildman–Crippen MR) is 83.9 cm³/mol. The summed E-state index contributed by atoms with van der Waals surface area (Å²) in [4.78, 5) is 6.72. The van der Waals surface area contributed by atoms with E-state index in [2.05, 4.69) is 28.0 Å². The van der Waals surface area contributed by atoms with Crippen molar-refractivity contribution in [2.45, 2.75) is 46.1 Å². The van der Waals surface area contributed by atoms with Gasteiger partial charge in [-0.2, -0.15) is 4.98 Å². The zero-order chi connectivity index (χ0) is 15.7. The van der Waals surface area contributed by atoms with E-state index in [4.69, 9.17) is 4.52 Å². The van der Waals surface area contributed by atoms with Crippen molar-refractivity contribution in [1.29, 1.82) is 0 Å². The summed E-state index contributed by atoms with van der Waals surface area (Å²) in [6.45, 7) is 8.73. The van der Waals surface area contributed by atoms with E-state index in [9.17, 15) is 5.11 Å². The van der Waals surface area contributed by atoms with Crippen molar-refractivity contribution in [3.05, 3.63) is 40.5 Å². The highest BCUT2D eigenvalue weighted by molar-refractivity contribution is 5.40. The number of piperidine rings is 1. The number of benzene rings is 1. The highest BCUT2D eigenvalue weighted by Gasteiger charge is 2.25. The molecule has 0 unspecified atom stereocenters. The van der Waals surface area contributed by atoms with Gasteiger partial charge in [-0.3, -0.25) is 4.90 Å². The number of nitrogens with zero attached hydrogens (tertiary/aromatic N) is 3. The Hall–Kier alpha value is -1.88. The molecule has 0 atom stereocenters. The van der Waals surface area contributed by atoms with E-state index in [-0.39, 0.29) is 0 Å². The van der Waals surface area contributed by atoms with Crippen LogP contribution in [0.15, 0.2) is 16.7 Å². The van der Waals surface area contributed by atoms with Crippen molar-refractivity contribution in [3.63, 3.8) is 0 Å². The number of phenols is 1. The molecular formula is C17H23N3O2. The summed E-state index contributed by atoms with van der Waals surface area (Å²) in [6.07, 6.45) is 2.04. The molecule has 1 fully saturated rings. The van der Waals surface area contributed by atoms with Crippen LogP contribution in [0.25, 0.3) is 0 Å². The number of hydrogen-bond donors (Lipinski definition) is 1. The second-order valence-corrected chi connectivity index (χ2v) is 6.30. The lowest BCUT2D eigenvalue weighted by molar-refractivity contribution is 0.186. The molecule has 1 aliphatic rings. The first-order valence-corrected chi connectivity index (χ1v) is 7.84. The summed E-state index contributed by atoms with van der Waals surface area (Å²) >= 11 is 0. The van der Waals surface area contributed by atoms with Gasteiger partial charge in [0.05, 0.1) is 0 Å². The fraction of sp³-hybridized carbons (Fsp3) is 0.529. The van der Waals surface area contributed by atoms with Gasteiger partial charge < -0.3 is 9.63 Å². The summed E-state index contributed by atoms with van der Waals surface area (Å²) in [5.41, 5.74) is 3.37. The molecular weight excluding hydrogens is 278 g/mol. The third-order valence-corrected chi connectivity index (χ3v) is 4.57. The smallest absolute Gasteiger partial charge is 0.229 e. The van der Waals surface area contributed by atoms with Crippen molar-refractivity contribution < 1.29 is 9.63 Å². The van der Waals surface area contributed by atoms with E-state index in [1.807, 2.05) is 19.9 Å². The average molecular weight is 301 g/mol. The fourth-order valence-corrected chi connectivity index (χ4v) is 3.05. The molecule has 1 aromatic carbocycles. The van der Waals surface area contributed by atoms with Crippen LogP contribution in [-0.2, 0) is 6.54 Å². The minimum absolute atomic E-state index is 0.366.